The Balaban J connectivity index is 2.19. The van der Waals surface area contributed by atoms with E-state index in [1.165, 1.54) is 4.90 Å². The molecule has 0 radical (unpaired) electrons. The Kier molecular flexibility index (Phi) is 1.70. The summed E-state index contributed by atoms with van der Waals surface area (Å²) in [5, 5.41) is 13.1. The molecule has 1 N–H and O–H groups in total. The Hall–Kier alpha value is -1.90. The maximum absolute atomic E-state index is 11.4. The number of amides is 1. The quantitative estimate of drug-likeness (QED) is 0.569. The van der Waals surface area contributed by atoms with Crippen LogP contribution in [-0.2, 0) is 4.79 Å². The maximum Gasteiger partial charge on any atom is 0.272 e. The molecule has 6 nitrogen and oxygen atoms in total. The number of aromatic nitrogens is 4. The van der Waals surface area contributed by atoms with E-state index in [1.807, 2.05) is 0 Å². The van der Waals surface area contributed by atoms with Crippen molar-refractivity contribution in [2.24, 2.45) is 5.92 Å². The van der Waals surface area contributed by atoms with Crippen LogP contribution in [0.25, 0.3) is 0 Å². The van der Waals surface area contributed by atoms with Crippen LogP contribution in [0.4, 0.5) is 5.95 Å². The molecule has 1 saturated heterocycles. The molecule has 1 aromatic heterocycles. The summed E-state index contributed by atoms with van der Waals surface area (Å²) in [6, 6.07) is 0. The molecule has 1 aliphatic rings. The first kappa shape index (κ1) is 7.73. The third kappa shape index (κ3) is 1.24. The van der Waals surface area contributed by atoms with Gasteiger partial charge in [-0.3, -0.25) is 9.69 Å². The summed E-state index contributed by atoms with van der Waals surface area (Å²) in [7, 11) is 0. The van der Waals surface area contributed by atoms with E-state index < -0.39 is 0 Å². The fourth-order valence-electron chi connectivity index (χ4n) is 1.28. The molecular weight excluding hydrogens is 170 g/mol. The van der Waals surface area contributed by atoms with Crippen LogP contribution in [0.1, 0.15) is 6.42 Å². The second-order valence-electron chi connectivity index (χ2n) is 2.78. The van der Waals surface area contributed by atoms with Gasteiger partial charge in [0.1, 0.15) is 0 Å². The molecule has 1 atom stereocenters. The zero-order valence-corrected chi connectivity index (χ0v) is 6.77. The second-order valence-corrected chi connectivity index (χ2v) is 2.78. The van der Waals surface area contributed by atoms with Gasteiger partial charge in [0.25, 0.3) is 5.95 Å². The molecular formula is C7H7N5O. The Morgan fingerprint density at radius 1 is 1.69 bits per heavy atom. The molecule has 13 heavy (non-hydrogen) atoms. The predicted molar refractivity (Wildman–Crippen MR) is 43.5 cm³/mol. The standard InChI is InChI=1S/C7H7N5O/c1-2-5-3-6(13)12(4-5)7-8-10-11-9-7/h1,5H,3-4H2,(H,8,9,10,11). The number of hydrogen-bond acceptors (Lipinski definition) is 4. The Labute approximate surface area is 74.3 Å². The van der Waals surface area contributed by atoms with E-state index in [4.69, 9.17) is 6.42 Å². The molecule has 2 rings (SSSR count). The number of nitrogens with one attached hydrogen (secondary N) is 1. The minimum atomic E-state index is -0.0515. The van der Waals surface area contributed by atoms with Gasteiger partial charge in [0.15, 0.2) is 0 Å². The zero-order chi connectivity index (χ0) is 9.26. The van der Waals surface area contributed by atoms with Gasteiger partial charge in [0.05, 0.1) is 0 Å². The summed E-state index contributed by atoms with van der Waals surface area (Å²) in [4.78, 5) is 12.8. The van der Waals surface area contributed by atoms with Gasteiger partial charge in [-0.05, 0) is 5.21 Å². The highest BCUT2D eigenvalue weighted by Crippen LogP contribution is 2.19. The lowest BCUT2D eigenvalue weighted by atomic mass is 10.1. The molecule has 1 unspecified atom stereocenters. The average molecular weight is 177 g/mol. The monoisotopic (exact) mass is 177 g/mol. The van der Waals surface area contributed by atoms with Crippen molar-refractivity contribution < 1.29 is 4.79 Å². The molecule has 1 fully saturated rings. The molecule has 0 saturated carbocycles. The molecule has 6 heteroatoms. The minimum absolute atomic E-state index is 0.0361. The van der Waals surface area contributed by atoms with Crippen molar-refractivity contribution in [3.8, 4) is 12.3 Å². The van der Waals surface area contributed by atoms with Crippen LogP contribution in [0.3, 0.4) is 0 Å². The highest BCUT2D eigenvalue weighted by atomic mass is 16.2. The number of H-pyrrole nitrogens is 1. The van der Waals surface area contributed by atoms with Gasteiger partial charge in [0, 0.05) is 18.9 Å². The lowest BCUT2D eigenvalue weighted by Crippen LogP contribution is -2.25. The van der Waals surface area contributed by atoms with E-state index in [2.05, 4.69) is 26.5 Å². The summed E-state index contributed by atoms with van der Waals surface area (Å²) in [6.07, 6.45) is 5.58. The van der Waals surface area contributed by atoms with E-state index in [0.29, 0.717) is 18.9 Å². The van der Waals surface area contributed by atoms with Gasteiger partial charge < -0.3 is 0 Å². The molecule has 1 aliphatic heterocycles. The van der Waals surface area contributed by atoms with E-state index in [9.17, 15) is 4.79 Å². The number of terminal acetylenes is 1. The molecule has 1 aromatic rings. The number of anilines is 1. The lowest BCUT2D eigenvalue weighted by Gasteiger charge is -2.08. The Morgan fingerprint density at radius 3 is 3.08 bits per heavy atom. The Morgan fingerprint density at radius 2 is 2.54 bits per heavy atom. The van der Waals surface area contributed by atoms with Crippen molar-refractivity contribution in [2.75, 3.05) is 11.4 Å². The third-order valence-electron chi connectivity index (χ3n) is 1.94. The second kappa shape index (κ2) is 2.86. The van der Waals surface area contributed by atoms with Crippen molar-refractivity contribution in [2.45, 2.75) is 6.42 Å². The van der Waals surface area contributed by atoms with Gasteiger partial charge in [0.2, 0.25) is 5.91 Å². The Bertz CT molecular complexity index is 351. The minimum Gasteiger partial charge on any atom is -0.277 e. The van der Waals surface area contributed by atoms with Gasteiger partial charge in [-0.2, -0.15) is 5.21 Å². The van der Waals surface area contributed by atoms with Crippen LogP contribution in [-0.4, -0.2) is 33.1 Å². The van der Waals surface area contributed by atoms with Crippen LogP contribution in [0.2, 0.25) is 0 Å². The van der Waals surface area contributed by atoms with Gasteiger partial charge in [-0.1, -0.05) is 5.10 Å². The van der Waals surface area contributed by atoms with Crippen molar-refractivity contribution >= 4 is 11.9 Å². The van der Waals surface area contributed by atoms with Crippen LogP contribution >= 0.6 is 0 Å². The molecule has 0 bridgehead atoms. The molecule has 0 aromatic carbocycles. The summed E-state index contributed by atoms with van der Waals surface area (Å²) in [5.74, 6) is 2.74. The van der Waals surface area contributed by atoms with Gasteiger partial charge >= 0.3 is 0 Å². The van der Waals surface area contributed by atoms with Crippen LogP contribution in [0.15, 0.2) is 0 Å². The fourth-order valence-corrected chi connectivity index (χ4v) is 1.28. The number of carbonyl (C=O) groups is 1. The van der Waals surface area contributed by atoms with Gasteiger partial charge in [-0.25, -0.2) is 0 Å². The van der Waals surface area contributed by atoms with E-state index >= 15 is 0 Å². The molecule has 0 spiro atoms. The van der Waals surface area contributed by atoms with Crippen molar-refractivity contribution in [1.82, 2.24) is 20.6 Å². The number of aromatic amines is 1. The SMILES string of the molecule is C#CC1CC(=O)N(c2nn[nH]n2)C1. The van der Waals surface area contributed by atoms with E-state index in [-0.39, 0.29) is 11.8 Å². The highest BCUT2D eigenvalue weighted by Gasteiger charge is 2.31. The summed E-state index contributed by atoms with van der Waals surface area (Å²) in [5.41, 5.74) is 0. The lowest BCUT2D eigenvalue weighted by molar-refractivity contribution is -0.117. The normalized spacial score (nSPS) is 21.9. The van der Waals surface area contributed by atoms with Gasteiger partial charge in [-0.15, -0.1) is 17.4 Å². The smallest absolute Gasteiger partial charge is 0.272 e. The summed E-state index contributed by atoms with van der Waals surface area (Å²) >= 11 is 0. The number of hydrogen-bond donors (Lipinski definition) is 1. The van der Waals surface area contributed by atoms with Crippen LogP contribution in [0, 0.1) is 18.3 Å². The number of nitrogens with zero attached hydrogens (tertiary/aromatic N) is 4. The summed E-state index contributed by atoms with van der Waals surface area (Å²) in [6.45, 7) is 0.481. The third-order valence-corrected chi connectivity index (χ3v) is 1.94. The molecule has 66 valence electrons. The number of tetrazole rings is 1. The molecule has 2 heterocycles. The first-order valence-corrected chi connectivity index (χ1v) is 3.81. The summed E-state index contributed by atoms with van der Waals surface area (Å²) < 4.78 is 0. The van der Waals surface area contributed by atoms with E-state index in [0.717, 1.165) is 0 Å². The van der Waals surface area contributed by atoms with E-state index in [1.54, 1.807) is 0 Å². The maximum atomic E-state index is 11.4. The first-order valence-electron chi connectivity index (χ1n) is 3.81. The zero-order valence-electron chi connectivity index (χ0n) is 6.77. The molecule has 0 aliphatic carbocycles. The molecule has 1 amide bonds. The van der Waals surface area contributed by atoms with Crippen LogP contribution in [0.5, 0.6) is 0 Å². The number of rotatable bonds is 1. The van der Waals surface area contributed by atoms with Crippen molar-refractivity contribution in [3.05, 3.63) is 0 Å². The largest absolute Gasteiger partial charge is 0.277 e. The van der Waals surface area contributed by atoms with Crippen molar-refractivity contribution in [1.29, 1.82) is 0 Å². The van der Waals surface area contributed by atoms with Crippen molar-refractivity contribution in [3.63, 3.8) is 0 Å². The predicted octanol–water partition coefficient (Wildman–Crippen LogP) is -0.814. The number of carbonyl (C=O) groups excluding carboxylic acids is 1. The average Bonchev–Trinajstić information content (AvgIpc) is 2.72. The highest BCUT2D eigenvalue weighted by molar-refractivity contribution is 5.94. The fraction of sp³-hybridized carbons (Fsp3) is 0.429. The topological polar surface area (TPSA) is 74.8 Å². The van der Waals surface area contributed by atoms with Crippen LogP contribution < -0.4 is 4.90 Å². The first-order chi connectivity index (χ1) is 6.31.